The summed E-state index contributed by atoms with van der Waals surface area (Å²) in [7, 11) is 2.26. The molecule has 1 unspecified atom stereocenters. The summed E-state index contributed by atoms with van der Waals surface area (Å²) in [5.74, 6) is 1.85. The topological polar surface area (TPSA) is 67.9 Å². The van der Waals surface area contributed by atoms with Crippen LogP contribution in [0.2, 0.25) is 0 Å². The summed E-state index contributed by atoms with van der Waals surface area (Å²) in [5, 5.41) is 2.88. The maximum absolute atomic E-state index is 12.4. The molecule has 1 heterocycles. The van der Waals surface area contributed by atoms with E-state index in [1.165, 1.54) is 5.56 Å². The van der Waals surface area contributed by atoms with Gasteiger partial charge >= 0.3 is 6.03 Å². The van der Waals surface area contributed by atoms with Crippen LogP contribution in [0.5, 0.6) is 11.5 Å². The Labute approximate surface area is 152 Å². The molecule has 2 amide bonds. The Morgan fingerprint density at radius 3 is 2.36 bits per heavy atom. The predicted octanol–water partition coefficient (Wildman–Crippen LogP) is 2.32. The van der Waals surface area contributed by atoms with E-state index in [2.05, 4.69) is 5.32 Å². The van der Waals surface area contributed by atoms with Crippen LogP contribution in [-0.4, -0.2) is 52.9 Å². The quantitative estimate of drug-likeness (QED) is 0.866. The van der Waals surface area contributed by atoms with Gasteiger partial charge in [0.05, 0.1) is 14.2 Å². The minimum atomic E-state index is -0.967. The van der Waals surface area contributed by atoms with Gasteiger partial charge in [0, 0.05) is 40.9 Å². The summed E-state index contributed by atoms with van der Waals surface area (Å²) >= 11 is 0. The summed E-state index contributed by atoms with van der Waals surface area (Å²) in [5.41, 5.74) is 2.24. The van der Waals surface area contributed by atoms with Crippen LogP contribution in [0.25, 0.3) is 0 Å². The van der Waals surface area contributed by atoms with Gasteiger partial charge in [-0.3, -0.25) is 4.21 Å². The number of benzene rings is 1. The number of carbonyl (C=O) groups is 1. The number of ether oxygens (including phenoxy) is 2. The Balaban J connectivity index is 1.95. The molecule has 7 heteroatoms. The normalized spacial score (nSPS) is 15.3. The lowest BCUT2D eigenvalue weighted by Gasteiger charge is -2.30. The van der Waals surface area contributed by atoms with Crippen molar-refractivity contribution in [2.24, 2.45) is 0 Å². The summed E-state index contributed by atoms with van der Waals surface area (Å²) < 4.78 is 22.5. The molecule has 1 aromatic carbocycles. The number of rotatable bonds is 5. The number of nitrogens with one attached hydrogen (secondary N) is 1. The molecule has 1 aromatic rings. The number of fused-ring (bicyclic) bond motifs is 1. The molecule has 0 radical (unpaired) electrons. The molecule has 6 nitrogen and oxygen atoms in total. The zero-order chi connectivity index (χ0) is 18.6. The number of nitrogens with zero attached hydrogens (tertiary/aromatic N) is 1. The number of amides is 2. The van der Waals surface area contributed by atoms with Crippen LogP contribution in [0.1, 0.15) is 31.9 Å². The van der Waals surface area contributed by atoms with Gasteiger partial charge in [-0.2, -0.15) is 0 Å². The largest absolute Gasteiger partial charge is 0.493 e. The Morgan fingerprint density at radius 1 is 1.20 bits per heavy atom. The number of carbonyl (C=O) groups excluding carboxylic acids is 1. The highest BCUT2D eigenvalue weighted by molar-refractivity contribution is 7.86. The van der Waals surface area contributed by atoms with Crippen molar-refractivity contribution in [3.8, 4) is 11.5 Å². The molecule has 1 atom stereocenters. The SMILES string of the molecule is COc1cc2c(cc1OC)CN(C(=O)NCCS(=O)C(C)(C)C)CC2. The van der Waals surface area contributed by atoms with Gasteiger partial charge in [-0.1, -0.05) is 0 Å². The fourth-order valence-corrected chi connectivity index (χ4v) is 3.63. The summed E-state index contributed by atoms with van der Waals surface area (Å²) in [4.78, 5) is 14.1. The Bertz CT molecular complexity index is 655. The van der Waals surface area contributed by atoms with Crippen LogP contribution in [0.4, 0.5) is 4.79 Å². The number of urea groups is 1. The van der Waals surface area contributed by atoms with Gasteiger partial charge in [-0.25, -0.2) is 4.79 Å². The summed E-state index contributed by atoms with van der Waals surface area (Å²) in [6.45, 7) is 7.41. The lowest BCUT2D eigenvalue weighted by Crippen LogP contribution is -2.44. The first-order chi connectivity index (χ1) is 11.8. The van der Waals surface area contributed by atoms with Gasteiger partial charge < -0.3 is 19.7 Å². The van der Waals surface area contributed by atoms with Crippen molar-refractivity contribution in [3.63, 3.8) is 0 Å². The lowest BCUT2D eigenvalue weighted by molar-refractivity contribution is 0.193. The van der Waals surface area contributed by atoms with Gasteiger partial charge in [0.25, 0.3) is 0 Å². The highest BCUT2D eigenvalue weighted by Gasteiger charge is 2.23. The fourth-order valence-electron chi connectivity index (χ4n) is 2.73. The van der Waals surface area contributed by atoms with Crippen molar-refractivity contribution in [3.05, 3.63) is 23.3 Å². The number of hydrogen-bond donors (Lipinski definition) is 1. The van der Waals surface area contributed by atoms with Gasteiger partial charge in [0.2, 0.25) is 0 Å². The van der Waals surface area contributed by atoms with E-state index in [1.54, 1.807) is 19.1 Å². The molecular weight excluding hydrogens is 340 g/mol. The van der Waals surface area contributed by atoms with Crippen LogP contribution in [0.15, 0.2) is 12.1 Å². The van der Waals surface area contributed by atoms with Crippen molar-refractivity contribution < 1.29 is 18.5 Å². The van der Waals surface area contributed by atoms with Crippen molar-refractivity contribution in [2.75, 3.05) is 33.1 Å². The molecule has 25 heavy (non-hydrogen) atoms. The first kappa shape index (κ1) is 19.6. The third-order valence-electron chi connectivity index (χ3n) is 4.25. The molecule has 0 saturated carbocycles. The standard InChI is InChI=1S/C18H28N2O4S/c1-18(2,3)25(22)9-7-19-17(21)20-8-6-13-10-15(23-4)16(24-5)11-14(13)12-20/h10-11H,6-9,12H2,1-5H3,(H,19,21). The number of hydrogen-bond acceptors (Lipinski definition) is 4. The molecule has 1 aliphatic heterocycles. The van der Waals surface area contributed by atoms with Crippen molar-refractivity contribution >= 4 is 16.8 Å². The second-order valence-corrected chi connectivity index (χ2v) is 9.37. The molecule has 0 spiro atoms. The summed E-state index contributed by atoms with van der Waals surface area (Å²) in [6, 6.07) is 3.80. The second-order valence-electron chi connectivity index (χ2n) is 7.04. The second kappa shape index (κ2) is 8.08. The van der Waals surface area contributed by atoms with Crippen molar-refractivity contribution in [1.29, 1.82) is 0 Å². The average molecular weight is 368 g/mol. The first-order valence-corrected chi connectivity index (χ1v) is 9.73. The zero-order valence-electron chi connectivity index (χ0n) is 15.7. The van der Waals surface area contributed by atoms with Crippen molar-refractivity contribution in [2.45, 2.75) is 38.5 Å². The van der Waals surface area contributed by atoms with Gasteiger partial charge in [-0.15, -0.1) is 0 Å². The minimum absolute atomic E-state index is 0.119. The Kier molecular flexibility index (Phi) is 6.32. The minimum Gasteiger partial charge on any atom is -0.493 e. The molecule has 0 saturated heterocycles. The molecule has 2 rings (SSSR count). The van der Waals surface area contributed by atoms with Gasteiger partial charge in [-0.05, 0) is 50.5 Å². The van der Waals surface area contributed by atoms with E-state index >= 15 is 0 Å². The third-order valence-corrected chi connectivity index (χ3v) is 6.19. The van der Waals surface area contributed by atoms with E-state index in [0.717, 1.165) is 12.0 Å². The average Bonchev–Trinajstić information content (AvgIpc) is 2.58. The smallest absolute Gasteiger partial charge is 0.317 e. The fraction of sp³-hybridized carbons (Fsp3) is 0.611. The molecule has 1 aliphatic rings. The molecule has 140 valence electrons. The van der Waals surface area contributed by atoms with Gasteiger partial charge in [0.15, 0.2) is 11.5 Å². The van der Waals surface area contributed by atoms with E-state index in [4.69, 9.17) is 9.47 Å². The van der Waals surface area contributed by atoms with Crippen molar-refractivity contribution in [1.82, 2.24) is 10.2 Å². The van der Waals surface area contributed by atoms with E-state index in [-0.39, 0.29) is 10.8 Å². The molecular formula is C18H28N2O4S. The molecule has 0 aromatic heterocycles. The van der Waals surface area contributed by atoms with E-state index < -0.39 is 10.8 Å². The first-order valence-electron chi connectivity index (χ1n) is 8.41. The predicted molar refractivity (Wildman–Crippen MR) is 99.8 cm³/mol. The van der Waals surface area contributed by atoms with Crippen LogP contribution in [-0.2, 0) is 23.8 Å². The van der Waals surface area contributed by atoms with Gasteiger partial charge in [0.1, 0.15) is 0 Å². The Hall–Kier alpha value is -1.76. The monoisotopic (exact) mass is 368 g/mol. The van der Waals surface area contributed by atoms with Crippen LogP contribution in [0.3, 0.4) is 0 Å². The highest BCUT2D eigenvalue weighted by Crippen LogP contribution is 2.33. The van der Waals surface area contributed by atoms with Crippen LogP contribution >= 0.6 is 0 Å². The molecule has 0 bridgehead atoms. The Morgan fingerprint density at radius 2 is 1.80 bits per heavy atom. The maximum Gasteiger partial charge on any atom is 0.317 e. The van der Waals surface area contributed by atoms with Crippen LogP contribution < -0.4 is 14.8 Å². The van der Waals surface area contributed by atoms with E-state index in [1.807, 2.05) is 32.9 Å². The molecule has 0 fully saturated rings. The highest BCUT2D eigenvalue weighted by atomic mass is 32.2. The number of methoxy groups -OCH3 is 2. The summed E-state index contributed by atoms with van der Waals surface area (Å²) in [6.07, 6.45) is 0.775. The molecule has 1 N–H and O–H groups in total. The zero-order valence-corrected chi connectivity index (χ0v) is 16.5. The van der Waals surface area contributed by atoms with E-state index in [9.17, 15) is 9.00 Å². The van der Waals surface area contributed by atoms with E-state index in [0.29, 0.717) is 36.9 Å². The van der Waals surface area contributed by atoms with Crippen LogP contribution in [0, 0.1) is 0 Å². The molecule has 0 aliphatic carbocycles. The third kappa shape index (κ3) is 4.87. The lowest BCUT2D eigenvalue weighted by atomic mass is 9.99. The maximum atomic E-state index is 12.4.